The first kappa shape index (κ1) is 15.4. The number of benzene rings is 2. The number of methoxy groups -OCH3 is 1. The lowest BCUT2D eigenvalue weighted by Crippen LogP contribution is -2.21. The Morgan fingerprint density at radius 3 is 2.74 bits per heavy atom. The van der Waals surface area contributed by atoms with Crippen molar-refractivity contribution in [3.8, 4) is 5.75 Å². The summed E-state index contributed by atoms with van der Waals surface area (Å²) in [6.07, 6.45) is 0. The minimum Gasteiger partial charge on any atom is -0.497 e. The molecule has 0 fully saturated rings. The van der Waals surface area contributed by atoms with Crippen molar-refractivity contribution in [2.24, 2.45) is 0 Å². The zero-order chi connectivity index (χ0) is 16.4. The molecule has 5 heteroatoms. The van der Waals surface area contributed by atoms with Crippen LogP contribution in [0, 0.1) is 0 Å². The van der Waals surface area contributed by atoms with E-state index in [1.807, 2.05) is 32.3 Å². The molecule has 0 saturated heterocycles. The second kappa shape index (κ2) is 6.30. The Labute approximate surface area is 134 Å². The monoisotopic (exact) mass is 312 g/mol. The molecule has 3 aromatic rings. The highest BCUT2D eigenvalue weighted by atomic mass is 16.5. The van der Waals surface area contributed by atoms with Crippen molar-refractivity contribution in [3.05, 3.63) is 46.6 Å². The highest BCUT2D eigenvalue weighted by Crippen LogP contribution is 2.26. The number of fused-ring (bicyclic) bond motifs is 2. The van der Waals surface area contributed by atoms with Gasteiger partial charge in [0, 0.05) is 18.8 Å². The molecule has 2 aromatic carbocycles. The number of hydrogen-bond acceptors (Lipinski definition) is 5. The summed E-state index contributed by atoms with van der Waals surface area (Å²) in [5.41, 5.74) is 1.90. The maximum atomic E-state index is 12.9. The predicted octanol–water partition coefficient (Wildman–Crippen LogP) is 2.93. The average Bonchev–Trinajstić information content (AvgIpc) is 2.54. The third kappa shape index (κ3) is 3.00. The van der Waals surface area contributed by atoms with Crippen LogP contribution >= 0.6 is 0 Å². The molecule has 0 aliphatic carbocycles. The van der Waals surface area contributed by atoms with E-state index in [0.717, 1.165) is 18.8 Å². The van der Waals surface area contributed by atoms with E-state index in [1.54, 1.807) is 25.3 Å². The summed E-state index contributed by atoms with van der Waals surface area (Å²) in [5.74, 6) is 0.641. The van der Waals surface area contributed by atoms with Gasteiger partial charge in [0.15, 0.2) is 0 Å². The van der Waals surface area contributed by atoms with Gasteiger partial charge < -0.3 is 19.4 Å². The standard InChI is InChI=1S/C18H20N2O3/c1-20(2)10-9-19-14-5-4-6-16-17(14)18(21)13-11-12(22-3)7-8-15(13)23-16/h4-8,11,19H,9-10H2,1-3H3. The van der Waals surface area contributed by atoms with Gasteiger partial charge in [-0.15, -0.1) is 0 Å². The van der Waals surface area contributed by atoms with Crippen LogP contribution in [-0.2, 0) is 0 Å². The normalized spacial score (nSPS) is 11.3. The highest BCUT2D eigenvalue weighted by Gasteiger charge is 2.12. The molecule has 0 aliphatic rings. The first-order valence-corrected chi connectivity index (χ1v) is 7.52. The van der Waals surface area contributed by atoms with Gasteiger partial charge in [-0.25, -0.2) is 0 Å². The van der Waals surface area contributed by atoms with Gasteiger partial charge in [0.1, 0.15) is 16.9 Å². The highest BCUT2D eigenvalue weighted by molar-refractivity contribution is 5.97. The second-order valence-corrected chi connectivity index (χ2v) is 5.70. The van der Waals surface area contributed by atoms with Gasteiger partial charge in [-0.2, -0.15) is 0 Å². The van der Waals surface area contributed by atoms with Crippen LogP contribution in [0.15, 0.2) is 45.6 Å². The van der Waals surface area contributed by atoms with Crippen molar-refractivity contribution >= 4 is 27.6 Å². The van der Waals surface area contributed by atoms with Crippen molar-refractivity contribution in [1.29, 1.82) is 0 Å². The third-order valence-corrected chi connectivity index (χ3v) is 3.78. The summed E-state index contributed by atoms with van der Waals surface area (Å²) in [6.45, 7) is 1.63. The predicted molar refractivity (Wildman–Crippen MR) is 93.6 cm³/mol. The lowest BCUT2D eigenvalue weighted by Gasteiger charge is -2.13. The summed E-state index contributed by atoms with van der Waals surface area (Å²) >= 11 is 0. The Hall–Kier alpha value is -2.53. The van der Waals surface area contributed by atoms with Crippen molar-refractivity contribution < 1.29 is 9.15 Å². The van der Waals surface area contributed by atoms with Crippen molar-refractivity contribution in [2.75, 3.05) is 39.6 Å². The maximum Gasteiger partial charge on any atom is 0.202 e. The van der Waals surface area contributed by atoms with Crippen LogP contribution < -0.4 is 15.5 Å². The number of likely N-dealkylation sites (N-methyl/N-ethyl adjacent to an activating group) is 1. The van der Waals surface area contributed by atoms with Crippen LogP contribution in [0.2, 0.25) is 0 Å². The Balaban J connectivity index is 2.15. The van der Waals surface area contributed by atoms with E-state index in [2.05, 4.69) is 10.2 Å². The van der Waals surface area contributed by atoms with Gasteiger partial charge >= 0.3 is 0 Å². The van der Waals surface area contributed by atoms with E-state index >= 15 is 0 Å². The molecule has 5 nitrogen and oxygen atoms in total. The van der Waals surface area contributed by atoms with E-state index in [1.165, 1.54) is 0 Å². The number of nitrogens with zero attached hydrogens (tertiary/aromatic N) is 1. The molecule has 0 spiro atoms. The van der Waals surface area contributed by atoms with E-state index < -0.39 is 0 Å². The van der Waals surface area contributed by atoms with Gasteiger partial charge in [-0.3, -0.25) is 4.79 Å². The molecule has 0 bridgehead atoms. The molecular formula is C18H20N2O3. The van der Waals surface area contributed by atoms with E-state index in [0.29, 0.717) is 27.7 Å². The summed E-state index contributed by atoms with van der Waals surface area (Å²) in [4.78, 5) is 15.0. The fourth-order valence-corrected chi connectivity index (χ4v) is 2.57. The maximum absolute atomic E-state index is 12.9. The number of nitrogens with one attached hydrogen (secondary N) is 1. The molecule has 3 rings (SSSR count). The molecule has 1 N–H and O–H groups in total. The molecule has 1 aromatic heterocycles. The van der Waals surface area contributed by atoms with Gasteiger partial charge in [-0.05, 0) is 44.4 Å². The van der Waals surface area contributed by atoms with Crippen LogP contribution in [0.1, 0.15) is 0 Å². The fourth-order valence-electron chi connectivity index (χ4n) is 2.57. The Kier molecular flexibility index (Phi) is 4.21. The smallest absolute Gasteiger partial charge is 0.202 e. The summed E-state index contributed by atoms with van der Waals surface area (Å²) in [6, 6.07) is 10.9. The quantitative estimate of drug-likeness (QED) is 0.734. The average molecular weight is 312 g/mol. The molecule has 0 saturated carbocycles. The SMILES string of the molecule is COc1ccc2oc3cccc(NCCN(C)C)c3c(=O)c2c1. The number of hydrogen-bond donors (Lipinski definition) is 1. The molecule has 0 unspecified atom stereocenters. The first-order chi connectivity index (χ1) is 11.1. The van der Waals surface area contributed by atoms with Gasteiger partial charge in [0.25, 0.3) is 0 Å². The Morgan fingerprint density at radius 1 is 1.17 bits per heavy atom. The topological polar surface area (TPSA) is 54.7 Å². The Morgan fingerprint density at radius 2 is 2.00 bits per heavy atom. The van der Waals surface area contributed by atoms with E-state index in [4.69, 9.17) is 9.15 Å². The van der Waals surface area contributed by atoms with Gasteiger partial charge in [0.05, 0.1) is 17.9 Å². The van der Waals surface area contributed by atoms with Gasteiger partial charge in [0.2, 0.25) is 5.43 Å². The molecule has 0 aliphatic heterocycles. The van der Waals surface area contributed by atoms with Crippen molar-refractivity contribution in [2.45, 2.75) is 0 Å². The number of ether oxygens (including phenoxy) is 1. The van der Waals surface area contributed by atoms with Crippen LogP contribution in [0.3, 0.4) is 0 Å². The van der Waals surface area contributed by atoms with Crippen molar-refractivity contribution in [3.63, 3.8) is 0 Å². The number of rotatable bonds is 5. The minimum absolute atomic E-state index is 0.0481. The molecule has 0 radical (unpaired) electrons. The minimum atomic E-state index is -0.0481. The zero-order valence-electron chi connectivity index (χ0n) is 13.6. The third-order valence-electron chi connectivity index (χ3n) is 3.78. The molecule has 0 atom stereocenters. The van der Waals surface area contributed by atoms with Crippen LogP contribution in [-0.4, -0.2) is 39.2 Å². The lowest BCUT2D eigenvalue weighted by molar-refractivity contribution is 0.415. The van der Waals surface area contributed by atoms with Crippen LogP contribution in [0.25, 0.3) is 21.9 Å². The molecule has 120 valence electrons. The summed E-state index contributed by atoms with van der Waals surface area (Å²) < 4.78 is 11.1. The van der Waals surface area contributed by atoms with Crippen LogP contribution in [0.5, 0.6) is 5.75 Å². The van der Waals surface area contributed by atoms with Gasteiger partial charge in [-0.1, -0.05) is 6.07 Å². The molecule has 1 heterocycles. The fraction of sp³-hybridized carbons (Fsp3) is 0.278. The zero-order valence-corrected chi connectivity index (χ0v) is 13.6. The lowest BCUT2D eigenvalue weighted by atomic mass is 10.1. The molecule has 0 amide bonds. The number of anilines is 1. The molecular weight excluding hydrogens is 292 g/mol. The van der Waals surface area contributed by atoms with Crippen LogP contribution in [0.4, 0.5) is 5.69 Å². The van der Waals surface area contributed by atoms with E-state index in [-0.39, 0.29) is 5.43 Å². The largest absolute Gasteiger partial charge is 0.497 e. The summed E-state index contributed by atoms with van der Waals surface area (Å²) in [5, 5.41) is 4.42. The summed E-state index contributed by atoms with van der Waals surface area (Å²) in [7, 11) is 5.61. The van der Waals surface area contributed by atoms with Crippen molar-refractivity contribution in [1.82, 2.24) is 4.90 Å². The second-order valence-electron chi connectivity index (χ2n) is 5.70. The Bertz CT molecular complexity index is 900. The van der Waals surface area contributed by atoms with E-state index in [9.17, 15) is 4.79 Å². The first-order valence-electron chi connectivity index (χ1n) is 7.52. The molecule has 23 heavy (non-hydrogen) atoms.